The van der Waals surface area contributed by atoms with E-state index in [0.717, 1.165) is 43.7 Å². The minimum atomic E-state index is -3.67. The van der Waals surface area contributed by atoms with Gasteiger partial charge in [-0.3, -0.25) is 9.23 Å². The molecule has 2 aromatic rings. The van der Waals surface area contributed by atoms with Gasteiger partial charge in [-0.2, -0.15) is 13.5 Å². The third-order valence-electron chi connectivity index (χ3n) is 3.85. The number of rotatable bonds is 4. The van der Waals surface area contributed by atoms with Gasteiger partial charge >= 0.3 is 0 Å². The van der Waals surface area contributed by atoms with Crippen LogP contribution < -0.4 is 5.32 Å². The first-order chi connectivity index (χ1) is 11.8. The molecule has 3 rings (SSSR count). The van der Waals surface area contributed by atoms with Gasteiger partial charge in [-0.1, -0.05) is 13.3 Å². The van der Waals surface area contributed by atoms with Crippen molar-refractivity contribution in [3.63, 3.8) is 0 Å². The fourth-order valence-corrected chi connectivity index (χ4v) is 2.75. The van der Waals surface area contributed by atoms with Crippen molar-refractivity contribution in [2.24, 2.45) is 0 Å². The third kappa shape index (κ3) is 5.91. The van der Waals surface area contributed by atoms with E-state index in [-0.39, 0.29) is 5.82 Å². The van der Waals surface area contributed by atoms with Crippen LogP contribution in [0.2, 0.25) is 0 Å². The summed E-state index contributed by atoms with van der Waals surface area (Å²) in [6, 6.07) is 6.64. The molecular weight excluding hydrogens is 345 g/mol. The molecule has 0 unspecified atom stereocenters. The molecule has 0 atom stereocenters. The van der Waals surface area contributed by atoms with E-state index in [1.54, 1.807) is 0 Å². The van der Waals surface area contributed by atoms with E-state index in [9.17, 15) is 12.8 Å². The Morgan fingerprint density at radius 3 is 2.56 bits per heavy atom. The molecule has 0 radical (unpaired) electrons. The van der Waals surface area contributed by atoms with E-state index in [0.29, 0.717) is 6.26 Å². The quantitative estimate of drug-likeness (QED) is 0.810. The zero-order valence-electron chi connectivity index (χ0n) is 14.5. The average Bonchev–Trinajstić information content (AvgIpc) is 2.91. The number of hydrogen-bond donors (Lipinski definition) is 2. The first-order valence-electron chi connectivity index (χ1n) is 8.27. The van der Waals surface area contributed by atoms with Crippen molar-refractivity contribution >= 4 is 10.1 Å². The van der Waals surface area contributed by atoms with Gasteiger partial charge in [0.1, 0.15) is 5.82 Å². The fourth-order valence-electron chi connectivity index (χ4n) is 2.75. The molecule has 2 heterocycles. The van der Waals surface area contributed by atoms with Gasteiger partial charge in [0, 0.05) is 42.9 Å². The van der Waals surface area contributed by atoms with Gasteiger partial charge in [-0.25, -0.2) is 4.39 Å². The second-order valence-corrected chi connectivity index (χ2v) is 7.48. The second kappa shape index (κ2) is 8.55. The molecule has 1 aromatic heterocycles. The number of benzene rings is 1. The zero-order chi connectivity index (χ0) is 18.4. The number of aryl methyl sites for hydroxylation is 1. The Kier molecular flexibility index (Phi) is 6.69. The normalized spacial score (nSPS) is 13.8. The SMILES string of the molecule is CCCCn1nc(-c2ccc(F)cc2)c2c1CCNC2.CS(=O)(=O)O. The topological polar surface area (TPSA) is 84.2 Å². The maximum Gasteiger partial charge on any atom is 0.261 e. The molecule has 1 aliphatic heterocycles. The van der Waals surface area contributed by atoms with Gasteiger partial charge in [0.2, 0.25) is 0 Å². The molecule has 0 saturated heterocycles. The molecule has 1 aromatic carbocycles. The van der Waals surface area contributed by atoms with E-state index in [2.05, 4.69) is 16.9 Å². The lowest BCUT2D eigenvalue weighted by Crippen LogP contribution is -2.25. The van der Waals surface area contributed by atoms with Crippen LogP contribution in [0.15, 0.2) is 24.3 Å². The summed E-state index contributed by atoms with van der Waals surface area (Å²) in [4.78, 5) is 0. The summed E-state index contributed by atoms with van der Waals surface area (Å²) in [7, 11) is -3.67. The van der Waals surface area contributed by atoms with E-state index in [1.807, 2.05) is 12.1 Å². The van der Waals surface area contributed by atoms with Crippen molar-refractivity contribution in [2.75, 3.05) is 12.8 Å². The van der Waals surface area contributed by atoms with Crippen LogP contribution in [-0.4, -0.2) is 35.6 Å². The lowest BCUT2D eigenvalue weighted by molar-refractivity contribution is 0.490. The monoisotopic (exact) mass is 369 g/mol. The maximum absolute atomic E-state index is 13.1. The molecule has 6 nitrogen and oxygen atoms in total. The van der Waals surface area contributed by atoms with Crippen LogP contribution in [0.25, 0.3) is 11.3 Å². The van der Waals surface area contributed by atoms with Crippen molar-refractivity contribution in [1.29, 1.82) is 0 Å². The maximum atomic E-state index is 13.1. The fraction of sp³-hybridized carbons (Fsp3) is 0.471. The predicted molar refractivity (Wildman–Crippen MR) is 95.4 cm³/mol. The smallest absolute Gasteiger partial charge is 0.261 e. The number of unbranched alkanes of at least 4 members (excludes halogenated alkanes) is 1. The Hall–Kier alpha value is -1.77. The lowest BCUT2D eigenvalue weighted by Gasteiger charge is -2.15. The highest BCUT2D eigenvalue weighted by Gasteiger charge is 2.21. The van der Waals surface area contributed by atoms with Crippen molar-refractivity contribution in [3.8, 4) is 11.3 Å². The molecule has 25 heavy (non-hydrogen) atoms. The predicted octanol–water partition coefficient (Wildman–Crippen LogP) is 2.64. The number of nitrogens with zero attached hydrogens (tertiary/aromatic N) is 2. The van der Waals surface area contributed by atoms with Crippen LogP contribution in [0.5, 0.6) is 0 Å². The Labute approximate surface area is 147 Å². The van der Waals surface area contributed by atoms with Gasteiger partial charge in [0.25, 0.3) is 10.1 Å². The van der Waals surface area contributed by atoms with Crippen LogP contribution in [0.4, 0.5) is 4.39 Å². The minimum absolute atomic E-state index is 0.203. The zero-order valence-corrected chi connectivity index (χ0v) is 15.3. The lowest BCUT2D eigenvalue weighted by atomic mass is 10.0. The van der Waals surface area contributed by atoms with Crippen LogP contribution in [-0.2, 0) is 29.6 Å². The standard InChI is InChI=1S/C16H20FN3.CH4O3S/c1-2-3-10-20-15-8-9-18-11-14(15)16(19-20)12-4-6-13(17)7-5-12;1-5(2,3)4/h4-7,18H,2-3,8-11H2,1H3;1H3,(H,2,3,4). The third-order valence-corrected chi connectivity index (χ3v) is 3.85. The summed E-state index contributed by atoms with van der Waals surface area (Å²) in [5, 5.41) is 8.19. The van der Waals surface area contributed by atoms with E-state index in [1.165, 1.54) is 29.8 Å². The Morgan fingerprint density at radius 1 is 1.32 bits per heavy atom. The highest BCUT2D eigenvalue weighted by atomic mass is 32.2. The molecule has 0 fully saturated rings. The van der Waals surface area contributed by atoms with Crippen molar-refractivity contribution in [3.05, 3.63) is 41.3 Å². The van der Waals surface area contributed by atoms with Crippen LogP contribution in [0.3, 0.4) is 0 Å². The summed E-state index contributed by atoms with van der Waals surface area (Å²) in [5.74, 6) is -0.203. The molecule has 2 N–H and O–H groups in total. The van der Waals surface area contributed by atoms with Gasteiger partial charge in [-0.15, -0.1) is 0 Å². The molecule has 1 aliphatic rings. The highest BCUT2D eigenvalue weighted by molar-refractivity contribution is 7.85. The van der Waals surface area contributed by atoms with E-state index in [4.69, 9.17) is 9.65 Å². The Balaban J connectivity index is 0.000000399. The van der Waals surface area contributed by atoms with Crippen LogP contribution in [0.1, 0.15) is 31.0 Å². The van der Waals surface area contributed by atoms with Gasteiger partial charge < -0.3 is 5.32 Å². The number of fused-ring (bicyclic) bond motifs is 1. The van der Waals surface area contributed by atoms with Crippen LogP contribution in [0, 0.1) is 5.82 Å². The number of hydrogen-bond acceptors (Lipinski definition) is 4. The summed E-state index contributed by atoms with van der Waals surface area (Å²) in [6.07, 6.45) is 4.05. The first kappa shape index (κ1) is 19.6. The minimum Gasteiger partial charge on any atom is -0.312 e. The van der Waals surface area contributed by atoms with E-state index >= 15 is 0 Å². The van der Waals surface area contributed by atoms with Crippen molar-refractivity contribution in [2.45, 2.75) is 39.3 Å². The molecule has 0 spiro atoms. The molecule has 138 valence electrons. The van der Waals surface area contributed by atoms with Gasteiger partial charge in [0.15, 0.2) is 0 Å². The molecule has 0 bridgehead atoms. The Morgan fingerprint density at radius 2 is 1.96 bits per heavy atom. The largest absolute Gasteiger partial charge is 0.312 e. The molecule has 0 aliphatic carbocycles. The molecular formula is C17H24FN3O3S. The summed E-state index contributed by atoms with van der Waals surface area (Å²) in [5.41, 5.74) is 4.63. The van der Waals surface area contributed by atoms with E-state index < -0.39 is 10.1 Å². The Bertz CT molecular complexity index is 793. The number of aromatic nitrogens is 2. The average molecular weight is 369 g/mol. The summed E-state index contributed by atoms with van der Waals surface area (Å²) in [6.45, 7) is 5.03. The number of halogens is 1. The summed E-state index contributed by atoms with van der Waals surface area (Å²) < 4.78 is 41.1. The highest BCUT2D eigenvalue weighted by Crippen LogP contribution is 2.28. The van der Waals surface area contributed by atoms with Crippen molar-refractivity contribution in [1.82, 2.24) is 15.1 Å². The summed E-state index contributed by atoms with van der Waals surface area (Å²) >= 11 is 0. The molecule has 8 heteroatoms. The molecule has 0 saturated carbocycles. The van der Waals surface area contributed by atoms with Crippen molar-refractivity contribution < 1.29 is 17.4 Å². The van der Waals surface area contributed by atoms with Crippen LogP contribution >= 0.6 is 0 Å². The van der Waals surface area contributed by atoms with Gasteiger partial charge in [0.05, 0.1) is 11.9 Å². The van der Waals surface area contributed by atoms with Gasteiger partial charge in [-0.05, 0) is 30.7 Å². The second-order valence-electron chi connectivity index (χ2n) is 6.02. The first-order valence-corrected chi connectivity index (χ1v) is 10.1. The number of nitrogens with one attached hydrogen (secondary N) is 1. The molecule has 0 amide bonds.